The van der Waals surface area contributed by atoms with Crippen molar-refractivity contribution in [2.45, 2.75) is 6.18 Å². The van der Waals surface area contributed by atoms with E-state index in [0.29, 0.717) is 28.6 Å². The SMILES string of the molecule is [C-]#[N+]c1[nH]nc2cc(Nc3ncc(C(F)(F)F)c(NC)n3)ccc12. The minimum atomic E-state index is -4.54. The molecule has 0 spiro atoms. The molecule has 10 heteroatoms. The van der Waals surface area contributed by atoms with Gasteiger partial charge in [-0.05, 0) is 12.1 Å². The van der Waals surface area contributed by atoms with Gasteiger partial charge in [0.2, 0.25) is 5.95 Å². The van der Waals surface area contributed by atoms with Crippen molar-refractivity contribution >= 4 is 34.2 Å². The fourth-order valence-electron chi connectivity index (χ4n) is 2.13. The van der Waals surface area contributed by atoms with E-state index in [4.69, 9.17) is 6.57 Å². The predicted molar refractivity (Wildman–Crippen MR) is 82.2 cm³/mol. The quantitative estimate of drug-likeness (QED) is 0.637. The average Bonchev–Trinajstić information content (AvgIpc) is 2.96. The molecule has 2 heterocycles. The Labute approximate surface area is 133 Å². The van der Waals surface area contributed by atoms with E-state index in [2.05, 4.69) is 35.6 Å². The Morgan fingerprint density at radius 1 is 1.29 bits per heavy atom. The molecule has 2 aromatic heterocycles. The van der Waals surface area contributed by atoms with Crippen molar-refractivity contribution in [2.24, 2.45) is 0 Å². The Bertz CT molecular complexity index is 940. The average molecular weight is 333 g/mol. The molecule has 0 saturated carbocycles. The van der Waals surface area contributed by atoms with E-state index in [-0.39, 0.29) is 11.8 Å². The van der Waals surface area contributed by atoms with Crippen LogP contribution in [-0.4, -0.2) is 27.2 Å². The number of fused-ring (bicyclic) bond motifs is 1. The molecule has 7 nitrogen and oxygen atoms in total. The minimum absolute atomic E-state index is 0.00707. The van der Waals surface area contributed by atoms with Crippen LogP contribution in [0.25, 0.3) is 15.7 Å². The largest absolute Gasteiger partial charge is 0.421 e. The number of hydrogen-bond donors (Lipinski definition) is 3. The van der Waals surface area contributed by atoms with Crippen molar-refractivity contribution in [3.8, 4) is 0 Å². The van der Waals surface area contributed by atoms with Crippen LogP contribution in [0.5, 0.6) is 0 Å². The molecule has 0 amide bonds. The highest BCUT2D eigenvalue weighted by Gasteiger charge is 2.35. The molecule has 3 rings (SSSR count). The first-order chi connectivity index (χ1) is 11.4. The van der Waals surface area contributed by atoms with Crippen molar-refractivity contribution in [1.29, 1.82) is 0 Å². The van der Waals surface area contributed by atoms with Gasteiger partial charge in [0, 0.05) is 24.3 Å². The van der Waals surface area contributed by atoms with Crippen LogP contribution in [0, 0.1) is 6.57 Å². The summed E-state index contributed by atoms with van der Waals surface area (Å²) in [5.41, 5.74) is 0.138. The van der Waals surface area contributed by atoms with Crippen LogP contribution < -0.4 is 10.6 Å². The normalized spacial score (nSPS) is 11.3. The molecule has 0 aliphatic heterocycles. The summed E-state index contributed by atoms with van der Waals surface area (Å²) in [5.74, 6) is 0.00331. The van der Waals surface area contributed by atoms with Crippen molar-refractivity contribution in [1.82, 2.24) is 20.2 Å². The lowest BCUT2D eigenvalue weighted by atomic mass is 10.2. The zero-order valence-electron chi connectivity index (χ0n) is 12.2. The first kappa shape index (κ1) is 15.5. The van der Waals surface area contributed by atoms with Crippen LogP contribution in [0.1, 0.15) is 5.56 Å². The third-order valence-electron chi connectivity index (χ3n) is 3.23. The summed E-state index contributed by atoms with van der Waals surface area (Å²) in [6.45, 7) is 7.01. The maximum Gasteiger partial charge on any atom is 0.421 e. The van der Waals surface area contributed by atoms with Crippen LogP contribution in [0.3, 0.4) is 0 Å². The molecule has 0 atom stereocenters. The maximum atomic E-state index is 12.8. The van der Waals surface area contributed by atoms with Crippen LogP contribution in [0.4, 0.5) is 36.4 Å². The molecule has 0 unspecified atom stereocenters. The molecule has 3 aromatic rings. The number of nitrogens with one attached hydrogen (secondary N) is 3. The molecule has 0 saturated heterocycles. The van der Waals surface area contributed by atoms with E-state index < -0.39 is 11.7 Å². The molecule has 0 aliphatic rings. The highest BCUT2D eigenvalue weighted by atomic mass is 19.4. The number of rotatable bonds is 3. The number of alkyl halides is 3. The molecule has 0 fully saturated rings. The third kappa shape index (κ3) is 2.79. The molecular weight excluding hydrogens is 323 g/mol. The molecule has 0 bridgehead atoms. The van der Waals surface area contributed by atoms with Gasteiger partial charge in [-0.25, -0.2) is 10.1 Å². The van der Waals surface area contributed by atoms with Crippen molar-refractivity contribution in [2.75, 3.05) is 17.7 Å². The van der Waals surface area contributed by atoms with Gasteiger partial charge in [0.15, 0.2) is 0 Å². The monoisotopic (exact) mass is 333 g/mol. The highest BCUT2D eigenvalue weighted by molar-refractivity contribution is 5.92. The van der Waals surface area contributed by atoms with Crippen LogP contribution in [0.2, 0.25) is 0 Å². The van der Waals surface area contributed by atoms with Gasteiger partial charge in [-0.1, -0.05) is 12.6 Å². The zero-order chi connectivity index (χ0) is 17.3. The Morgan fingerprint density at radius 2 is 2.08 bits per heavy atom. The fraction of sp³-hybridized carbons (Fsp3) is 0.143. The number of benzene rings is 1. The molecular formula is C14H10F3N7. The van der Waals surface area contributed by atoms with E-state index in [1.54, 1.807) is 18.2 Å². The first-order valence-electron chi connectivity index (χ1n) is 6.67. The van der Waals surface area contributed by atoms with E-state index in [1.807, 2.05) is 0 Å². The molecule has 3 N–H and O–H groups in total. The lowest BCUT2D eigenvalue weighted by Crippen LogP contribution is -2.12. The number of anilines is 3. The molecule has 0 radical (unpaired) electrons. The summed E-state index contributed by atoms with van der Waals surface area (Å²) in [7, 11) is 1.35. The molecule has 122 valence electrons. The highest BCUT2D eigenvalue weighted by Crippen LogP contribution is 2.34. The topological polar surface area (TPSA) is 82.9 Å². The second-order valence-electron chi connectivity index (χ2n) is 4.74. The smallest absolute Gasteiger partial charge is 0.372 e. The van der Waals surface area contributed by atoms with Gasteiger partial charge >= 0.3 is 6.18 Å². The number of hydrogen-bond acceptors (Lipinski definition) is 5. The van der Waals surface area contributed by atoms with Crippen LogP contribution >= 0.6 is 0 Å². The summed E-state index contributed by atoms with van der Waals surface area (Å²) in [6, 6.07) is 4.98. The molecule has 24 heavy (non-hydrogen) atoms. The van der Waals surface area contributed by atoms with E-state index in [0.717, 1.165) is 0 Å². The van der Waals surface area contributed by atoms with Gasteiger partial charge in [-0.2, -0.15) is 18.2 Å². The van der Waals surface area contributed by atoms with Crippen molar-refractivity contribution < 1.29 is 13.2 Å². The zero-order valence-corrected chi connectivity index (χ0v) is 12.2. The summed E-state index contributed by atoms with van der Waals surface area (Å²) in [5, 5.41) is 12.5. The number of nitrogens with zero attached hydrogens (tertiary/aromatic N) is 4. The van der Waals surface area contributed by atoms with E-state index in [1.165, 1.54) is 7.05 Å². The summed E-state index contributed by atoms with van der Waals surface area (Å²) < 4.78 is 38.5. The predicted octanol–water partition coefficient (Wildman–Crippen LogP) is 3.71. The Balaban J connectivity index is 1.92. The Morgan fingerprint density at radius 3 is 2.75 bits per heavy atom. The van der Waals surface area contributed by atoms with Gasteiger partial charge < -0.3 is 15.5 Å². The Kier molecular flexibility index (Phi) is 3.69. The minimum Gasteiger partial charge on any atom is -0.372 e. The van der Waals surface area contributed by atoms with Crippen LogP contribution in [-0.2, 0) is 6.18 Å². The van der Waals surface area contributed by atoms with Gasteiger partial charge in [0.1, 0.15) is 16.9 Å². The van der Waals surface area contributed by atoms with E-state index >= 15 is 0 Å². The number of aromatic amines is 1. The lowest BCUT2D eigenvalue weighted by molar-refractivity contribution is -0.137. The van der Waals surface area contributed by atoms with E-state index in [9.17, 15) is 13.2 Å². The molecule has 1 aromatic carbocycles. The first-order valence-corrected chi connectivity index (χ1v) is 6.67. The van der Waals surface area contributed by atoms with Gasteiger partial charge in [-0.15, -0.1) is 5.10 Å². The molecule has 0 aliphatic carbocycles. The maximum absolute atomic E-state index is 12.8. The second kappa shape index (κ2) is 5.69. The number of halogens is 3. The fourth-order valence-corrected chi connectivity index (χ4v) is 2.13. The number of aromatic nitrogens is 4. The Hall–Kier alpha value is -3.35. The number of H-pyrrole nitrogens is 1. The standard InChI is InChI=1S/C14H10F3N7/c1-18-11-8-4-3-7(5-10(8)23-24-11)21-13-20-6-9(14(15,16)17)12(19-2)22-13/h3-6H,2H3,(H,23,24)(H2,19,20,21,22). The van der Waals surface area contributed by atoms with Crippen molar-refractivity contribution in [3.05, 3.63) is 41.4 Å². The summed E-state index contributed by atoms with van der Waals surface area (Å²) >= 11 is 0. The van der Waals surface area contributed by atoms with Crippen molar-refractivity contribution in [3.63, 3.8) is 0 Å². The summed E-state index contributed by atoms with van der Waals surface area (Å²) in [6.07, 6.45) is -3.83. The third-order valence-corrected chi connectivity index (χ3v) is 3.23. The van der Waals surface area contributed by atoms with Gasteiger partial charge in [0.25, 0.3) is 5.82 Å². The summed E-state index contributed by atoms with van der Waals surface area (Å²) in [4.78, 5) is 10.8. The lowest BCUT2D eigenvalue weighted by Gasteiger charge is -2.12. The second-order valence-corrected chi connectivity index (χ2v) is 4.74. The van der Waals surface area contributed by atoms with Gasteiger partial charge in [0.05, 0.1) is 0 Å². The van der Waals surface area contributed by atoms with Gasteiger partial charge in [-0.3, -0.25) is 0 Å². The van der Waals surface area contributed by atoms with Crippen LogP contribution in [0.15, 0.2) is 24.4 Å².